The molecule has 0 radical (unpaired) electrons. The van der Waals surface area contributed by atoms with Crippen molar-refractivity contribution >= 4 is 39.4 Å². The Morgan fingerprint density at radius 1 is 1.00 bits per heavy atom. The first-order chi connectivity index (χ1) is 17.3. The predicted molar refractivity (Wildman–Crippen MR) is 143 cm³/mol. The first kappa shape index (κ1) is 23.8. The lowest BCUT2D eigenvalue weighted by molar-refractivity contribution is 0.0476. The van der Waals surface area contributed by atoms with Crippen LogP contribution in [0.5, 0.6) is 0 Å². The summed E-state index contributed by atoms with van der Waals surface area (Å²) in [6.07, 6.45) is 0. The second-order valence-electron chi connectivity index (χ2n) is 9.11. The number of nitrogens with zero attached hydrogens (tertiary/aromatic N) is 1. The molecule has 3 aromatic carbocycles. The Morgan fingerprint density at radius 3 is 2.50 bits per heavy atom. The topological polar surface area (TPSA) is 69.4 Å². The zero-order valence-electron chi connectivity index (χ0n) is 20.2. The van der Waals surface area contributed by atoms with Gasteiger partial charge in [-0.2, -0.15) is 0 Å². The van der Waals surface area contributed by atoms with Crippen molar-refractivity contribution in [3.63, 3.8) is 0 Å². The highest BCUT2D eigenvalue weighted by molar-refractivity contribution is 6.30. The van der Waals surface area contributed by atoms with Crippen molar-refractivity contribution in [1.82, 2.24) is 4.98 Å². The SMILES string of the molecule is Cc1cc2oc(=O)cc(COC(=O)c3cc(-c4ccc(Cl)cc4)nc4ccccc34)c2cc1C(C)C. The fourth-order valence-corrected chi connectivity index (χ4v) is 4.59. The minimum Gasteiger partial charge on any atom is -0.457 e. The largest absolute Gasteiger partial charge is 0.457 e. The third-order valence-corrected chi connectivity index (χ3v) is 6.53. The van der Waals surface area contributed by atoms with Crippen molar-refractivity contribution in [2.75, 3.05) is 0 Å². The number of halogens is 1. The van der Waals surface area contributed by atoms with E-state index in [0.717, 1.165) is 22.1 Å². The maximum Gasteiger partial charge on any atom is 0.339 e. The molecule has 5 aromatic rings. The van der Waals surface area contributed by atoms with Crippen LogP contribution in [0.2, 0.25) is 5.02 Å². The van der Waals surface area contributed by atoms with Gasteiger partial charge in [0.2, 0.25) is 0 Å². The molecule has 2 aromatic heterocycles. The molecule has 0 saturated carbocycles. The van der Waals surface area contributed by atoms with Crippen LogP contribution >= 0.6 is 11.6 Å². The molecule has 0 fully saturated rings. The number of hydrogen-bond acceptors (Lipinski definition) is 5. The molecule has 180 valence electrons. The molecule has 0 N–H and O–H groups in total. The summed E-state index contributed by atoms with van der Waals surface area (Å²) in [4.78, 5) is 30.3. The standard InChI is InChI=1S/C30H24ClNO4/c1-17(2)23-14-24-20(13-29(33)36-28(24)12-18(23)3)16-35-30(34)25-15-27(19-8-10-21(31)11-9-19)32-26-7-5-4-6-22(25)26/h4-15,17H,16H2,1-3H3. The van der Waals surface area contributed by atoms with Gasteiger partial charge < -0.3 is 9.15 Å². The summed E-state index contributed by atoms with van der Waals surface area (Å²) in [5, 5.41) is 2.07. The van der Waals surface area contributed by atoms with Gasteiger partial charge in [-0.15, -0.1) is 0 Å². The maximum absolute atomic E-state index is 13.3. The normalized spacial score (nSPS) is 11.4. The minimum atomic E-state index is -0.499. The van der Waals surface area contributed by atoms with E-state index in [4.69, 9.17) is 25.7 Å². The summed E-state index contributed by atoms with van der Waals surface area (Å²) in [5.41, 5.74) is 5.36. The van der Waals surface area contributed by atoms with Gasteiger partial charge in [-0.05, 0) is 60.4 Å². The van der Waals surface area contributed by atoms with Crippen LogP contribution in [-0.2, 0) is 11.3 Å². The lowest BCUT2D eigenvalue weighted by Gasteiger charge is -2.14. The molecule has 5 rings (SSSR count). The highest BCUT2D eigenvalue weighted by atomic mass is 35.5. The maximum atomic E-state index is 13.3. The zero-order valence-corrected chi connectivity index (χ0v) is 20.9. The summed E-state index contributed by atoms with van der Waals surface area (Å²) >= 11 is 6.04. The lowest BCUT2D eigenvalue weighted by Crippen LogP contribution is -2.09. The molecule has 0 amide bonds. The van der Waals surface area contributed by atoms with Crippen molar-refractivity contribution in [2.45, 2.75) is 33.3 Å². The van der Waals surface area contributed by atoms with Gasteiger partial charge >= 0.3 is 11.6 Å². The van der Waals surface area contributed by atoms with E-state index in [0.29, 0.717) is 44.2 Å². The molecule has 0 atom stereocenters. The average molecular weight is 498 g/mol. The van der Waals surface area contributed by atoms with E-state index in [1.165, 1.54) is 6.07 Å². The van der Waals surface area contributed by atoms with E-state index in [2.05, 4.69) is 13.8 Å². The number of esters is 1. The predicted octanol–water partition coefficient (Wildman–Crippen LogP) is 7.45. The minimum absolute atomic E-state index is 0.0611. The Kier molecular flexibility index (Phi) is 6.33. The van der Waals surface area contributed by atoms with Gasteiger partial charge in [-0.25, -0.2) is 14.6 Å². The van der Waals surface area contributed by atoms with Gasteiger partial charge in [-0.1, -0.05) is 55.8 Å². The van der Waals surface area contributed by atoms with Crippen LogP contribution in [0.25, 0.3) is 33.1 Å². The first-order valence-electron chi connectivity index (χ1n) is 11.7. The number of para-hydroxylation sites is 1. The Labute approximate surface area is 213 Å². The third-order valence-electron chi connectivity index (χ3n) is 6.27. The Morgan fingerprint density at radius 2 is 1.75 bits per heavy atom. The second-order valence-corrected chi connectivity index (χ2v) is 9.54. The monoisotopic (exact) mass is 497 g/mol. The molecule has 0 unspecified atom stereocenters. The van der Waals surface area contributed by atoms with Gasteiger partial charge in [0.05, 0.1) is 16.8 Å². The summed E-state index contributed by atoms with van der Waals surface area (Å²) in [7, 11) is 0. The van der Waals surface area contributed by atoms with Gasteiger partial charge in [0.15, 0.2) is 0 Å². The number of aryl methyl sites for hydroxylation is 1. The quantitative estimate of drug-likeness (QED) is 0.186. The Bertz CT molecular complexity index is 1670. The van der Waals surface area contributed by atoms with E-state index in [1.807, 2.05) is 55.5 Å². The highest BCUT2D eigenvalue weighted by Gasteiger charge is 2.17. The number of rotatable bonds is 5. The zero-order chi connectivity index (χ0) is 25.4. The number of ether oxygens (including phenoxy) is 1. The number of benzene rings is 3. The molecule has 0 aliphatic heterocycles. The van der Waals surface area contributed by atoms with Gasteiger partial charge in [0.25, 0.3) is 0 Å². The smallest absolute Gasteiger partial charge is 0.339 e. The van der Waals surface area contributed by atoms with Crippen molar-refractivity contribution in [1.29, 1.82) is 0 Å². The Balaban J connectivity index is 1.53. The van der Waals surface area contributed by atoms with Crippen LogP contribution in [0.1, 0.15) is 46.8 Å². The van der Waals surface area contributed by atoms with E-state index in [1.54, 1.807) is 18.2 Å². The number of carbonyl (C=O) groups is 1. The molecular weight excluding hydrogens is 474 g/mol. The average Bonchev–Trinajstić information content (AvgIpc) is 2.86. The summed E-state index contributed by atoms with van der Waals surface area (Å²) in [5.74, 6) is -0.201. The summed E-state index contributed by atoms with van der Waals surface area (Å²) in [6.45, 7) is 6.16. The molecule has 0 aliphatic carbocycles. The van der Waals surface area contributed by atoms with Crippen molar-refractivity contribution in [3.05, 3.63) is 110 Å². The number of fused-ring (bicyclic) bond motifs is 2. The molecule has 2 heterocycles. The van der Waals surface area contributed by atoms with E-state index < -0.39 is 11.6 Å². The van der Waals surface area contributed by atoms with Gasteiger partial charge in [0, 0.05) is 33.0 Å². The van der Waals surface area contributed by atoms with Crippen molar-refractivity contribution in [3.8, 4) is 11.3 Å². The number of aromatic nitrogens is 1. The number of pyridine rings is 1. The van der Waals surface area contributed by atoms with Crippen molar-refractivity contribution < 1.29 is 13.9 Å². The lowest BCUT2D eigenvalue weighted by atomic mass is 9.95. The fraction of sp³-hybridized carbons (Fsp3) is 0.167. The summed E-state index contributed by atoms with van der Waals surface area (Å²) in [6, 6.07) is 21.7. The van der Waals surface area contributed by atoms with Crippen LogP contribution in [0, 0.1) is 6.92 Å². The third kappa shape index (κ3) is 4.62. The molecule has 0 saturated heterocycles. The van der Waals surface area contributed by atoms with E-state index in [9.17, 15) is 9.59 Å². The van der Waals surface area contributed by atoms with Crippen LogP contribution < -0.4 is 5.63 Å². The summed E-state index contributed by atoms with van der Waals surface area (Å²) < 4.78 is 11.2. The number of hydrogen-bond donors (Lipinski definition) is 0. The molecular formula is C30H24ClNO4. The molecule has 36 heavy (non-hydrogen) atoms. The molecule has 0 spiro atoms. The highest BCUT2D eigenvalue weighted by Crippen LogP contribution is 2.29. The van der Waals surface area contributed by atoms with Crippen LogP contribution in [0.3, 0.4) is 0 Å². The first-order valence-corrected chi connectivity index (χ1v) is 12.1. The van der Waals surface area contributed by atoms with Crippen LogP contribution in [-0.4, -0.2) is 11.0 Å². The van der Waals surface area contributed by atoms with Gasteiger partial charge in [0.1, 0.15) is 12.2 Å². The molecule has 6 heteroatoms. The van der Waals surface area contributed by atoms with E-state index >= 15 is 0 Å². The molecule has 5 nitrogen and oxygen atoms in total. The van der Waals surface area contributed by atoms with Crippen molar-refractivity contribution in [2.24, 2.45) is 0 Å². The van der Waals surface area contributed by atoms with Crippen LogP contribution in [0.15, 0.2) is 82.0 Å². The number of carbonyl (C=O) groups excluding carboxylic acids is 1. The Hall–Kier alpha value is -3.96. The van der Waals surface area contributed by atoms with Gasteiger partial charge in [-0.3, -0.25) is 0 Å². The molecule has 0 aliphatic rings. The fourth-order valence-electron chi connectivity index (χ4n) is 4.47. The second kappa shape index (κ2) is 9.59. The molecule has 0 bridgehead atoms. The van der Waals surface area contributed by atoms with Crippen LogP contribution in [0.4, 0.5) is 0 Å². The van der Waals surface area contributed by atoms with E-state index in [-0.39, 0.29) is 6.61 Å².